The molecule has 1 saturated heterocycles. The van der Waals surface area contributed by atoms with Crippen LogP contribution in [0.15, 0.2) is 18.2 Å². The Labute approximate surface area is 133 Å². The Morgan fingerprint density at radius 2 is 1.71 bits per heavy atom. The molecule has 1 aromatic rings. The molecule has 1 aliphatic heterocycles. The van der Waals surface area contributed by atoms with Gasteiger partial charge in [0.05, 0.1) is 0 Å². The van der Waals surface area contributed by atoms with E-state index in [1.165, 1.54) is 17.0 Å². The van der Waals surface area contributed by atoms with Crippen molar-refractivity contribution >= 4 is 24.8 Å². The van der Waals surface area contributed by atoms with E-state index in [-0.39, 0.29) is 43.5 Å². The van der Waals surface area contributed by atoms with Gasteiger partial charge in [0, 0.05) is 31.7 Å². The van der Waals surface area contributed by atoms with Crippen LogP contribution in [0.2, 0.25) is 0 Å². The second kappa shape index (κ2) is 8.17. The molecule has 1 fully saturated rings. The van der Waals surface area contributed by atoms with Gasteiger partial charge in [0.1, 0.15) is 11.9 Å². The molecule has 0 aromatic heterocycles. The van der Waals surface area contributed by atoms with Gasteiger partial charge >= 0.3 is 6.18 Å². The second-order valence-electron chi connectivity index (χ2n) is 4.76. The molecule has 2 nitrogen and oxygen atoms in total. The van der Waals surface area contributed by atoms with E-state index < -0.39 is 18.0 Å². The quantitative estimate of drug-likeness (QED) is 0.823. The molecule has 0 aliphatic carbocycles. The largest absolute Gasteiger partial charge is 0.408 e. The minimum atomic E-state index is -4.48. The average Bonchev–Trinajstić information content (AvgIpc) is 2.33. The summed E-state index contributed by atoms with van der Waals surface area (Å²) in [5.74, 6) is -0.800. The fourth-order valence-corrected chi connectivity index (χ4v) is 2.39. The third kappa shape index (κ3) is 4.98. The first kappa shape index (κ1) is 20.4. The number of benzene rings is 1. The first-order chi connectivity index (χ1) is 8.89. The first-order valence-corrected chi connectivity index (χ1v) is 6.17. The second-order valence-corrected chi connectivity index (χ2v) is 4.76. The summed E-state index contributed by atoms with van der Waals surface area (Å²) >= 11 is 0. The summed E-state index contributed by atoms with van der Waals surface area (Å²) in [5.41, 5.74) is 0.343. The number of hydrogen-bond donors (Lipinski definition) is 1. The number of rotatable bonds is 2. The summed E-state index contributed by atoms with van der Waals surface area (Å²) in [5, 5.41) is 3.00. The summed E-state index contributed by atoms with van der Waals surface area (Å²) in [6, 6.07) is 2.00. The zero-order valence-corrected chi connectivity index (χ0v) is 13.0. The molecule has 1 heterocycles. The monoisotopic (exact) mass is 348 g/mol. The van der Waals surface area contributed by atoms with Crippen molar-refractivity contribution in [2.45, 2.75) is 19.1 Å². The highest BCUT2D eigenvalue weighted by atomic mass is 35.5. The summed E-state index contributed by atoms with van der Waals surface area (Å²) in [6.45, 7) is 3.16. The Morgan fingerprint density at radius 3 is 2.24 bits per heavy atom. The summed E-state index contributed by atoms with van der Waals surface area (Å²) in [7, 11) is 0. The number of piperazine rings is 1. The van der Waals surface area contributed by atoms with Crippen molar-refractivity contribution in [2.24, 2.45) is 0 Å². The Morgan fingerprint density at radius 1 is 1.14 bits per heavy atom. The number of halogens is 6. The molecule has 2 rings (SSSR count). The van der Waals surface area contributed by atoms with E-state index in [0.29, 0.717) is 18.7 Å². The smallest absolute Gasteiger partial charge is 0.314 e. The molecule has 0 amide bonds. The fraction of sp³-hybridized carbons (Fsp3) is 0.538. The Bertz CT molecular complexity index is 448. The van der Waals surface area contributed by atoms with E-state index >= 15 is 0 Å². The van der Waals surface area contributed by atoms with Crippen LogP contribution in [0.3, 0.4) is 0 Å². The van der Waals surface area contributed by atoms with E-state index in [9.17, 15) is 17.6 Å². The van der Waals surface area contributed by atoms with E-state index in [1.54, 1.807) is 6.92 Å². The van der Waals surface area contributed by atoms with Crippen LogP contribution in [0, 0.1) is 12.7 Å². The molecule has 1 aromatic carbocycles. The number of nitrogens with zero attached hydrogens (tertiary/aromatic N) is 1. The molecule has 21 heavy (non-hydrogen) atoms. The van der Waals surface area contributed by atoms with Crippen LogP contribution in [-0.4, -0.2) is 37.3 Å². The molecule has 8 heteroatoms. The van der Waals surface area contributed by atoms with Gasteiger partial charge in [-0.3, -0.25) is 4.90 Å². The summed E-state index contributed by atoms with van der Waals surface area (Å²) < 4.78 is 53.6. The van der Waals surface area contributed by atoms with Gasteiger partial charge in [-0.05, 0) is 13.0 Å². The predicted octanol–water partition coefficient (Wildman–Crippen LogP) is 3.49. The summed E-state index contributed by atoms with van der Waals surface area (Å²) in [6.07, 6.45) is -4.48. The Kier molecular flexibility index (Phi) is 7.95. The maximum Gasteiger partial charge on any atom is 0.408 e. The SMILES string of the molecule is Cc1ccc(F)c([C@H](N2CCNCC2)C(F)(F)F)c1.Cl.Cl. The van der Waals surface area contributed by atoms with Crippen LogP contribution in [0.5, 0.6) is 0 Å². The lowest BCUT2D eigenvalue weighted by atomic mass is 10.0. The van der Waals surface area contributed by atoms with Gasteiger partial charge in [-0.25, -0.2) is 4.39 Å². The number of alkyl halides is 3. The molecule has 0 saturated carbocycles. The summed E-state index contributed by atoms with van der Waals surface area (Å²) in [4.78, 5) is 1.29. The van der Waals surface area contributed by atoms with Crippen LogP contribution in [0.1, 0.15) is 17.2 Å². The van der Waals surface area contributed by atoms with Crippen molar-refractivity contribution in [3.05, 3.63) is 35.1 Å². The molecular formula is C13H18Cl2F4N2. The zero-order chi connectivity index (χ0) is 14.0. The van der Waals surface area contributed by atoms with E-state index in [0.717, 1.165) is 6.07 Å². The van der Waals surface area contributed by atoms with Gasteiger partial charge in [-0.1, -0.05) is 17.7 Å². The molecule has 0 radical (unpaired) electrons. The molecule has 1 N–H and O–H groups in total. The minimum Gasteiger partial charge on any atom is -0.314 e. The van der Waals surface area contributed by atoms with Crippen molar-refractivity contribution in [3.63, 3.8) is 0 Å². The predicted molar refractivity (Wildman–Crippen MR) is 78.9 cm³/mol. The Balaban J connectivity index is 0.00000200. The van der Waals surface area contributed by atoms with Gasteiger partial charge in [0.25, 0.3) is 0 Å². The standard InChI is InChI=1S/C13H16F4N2.2ClH/c1-9-2-3-11(14)10(8-9)12(13(15,16)17)19-6-4-18-5-7-19;;/h2-3,8,12,18H,4-7H2,1H3;2*1H/t12-;;/m0../s1. The highest BCUT2D eigenvalue weighted by Crippen LogP contribution is 2.39. The normalized spacial score (nSPS) is 17.6. The number of nitrogens with one attached hydrogen (secondary N) is 1. The van der Waals surface area contributed by atoms with E-state index in [2.05, 4.69) is 5.32 Å². The highest BCUT2D eigenvalue weighted by Gasteiger charge is 2.46. The molecule has 0 unspecified atom stereocenters. The lowest BCUT2D eigenvalue weighted by Crippen LogP contribution is -2.49. The molecular weight excluding hydrogens is 331 g/mol. The van der Waals surface area contributed by atoms with Crippen molar-refractivity contribution in [2.75, 3.05) is 26.2 Å². The first-order valence-electron chi connectivity index (χ1n) is 6.17. The van der Waals surface area contributed by atoms with Crippen molar-refractivity contribution in [3.8, 4) is 0 Å². The molecule has 1 atom stereocenters. The van der Waals surface area contributed by atoms with Gasteiger partial charge in [0.2, 0.25) is 0 Å². The zero-order valence-electron chi connectivity index (χ0n) is 11.4. The molecule has 1 aliphatic rings. The van der Waals surface area contributed by atoms with Crippen molar-refractivity contribution in [1.82, 2.24) is 10.2 Å². The molecule has 122 valence electrons. The third-order valence-electron chi connectivity index (χ3n) is 3.27. The molecule has 0 spiro atoms. The van der Waals surface area contributed by atoms with Gasteiger partial charge in [0.15, 0.2) is 0 Å². The maximum absolute atomic E-state index is 13.8. The maximum atomic E-state index is 13.8. The lowest BCUT2D eigenvalue weighted by Gasteiger charge is -2.36. The highest BCUT2D eigenvalue weighted by molar-refractivity contribution is 5.85. The van der Waals surface area contributed by atoms with E-state index in [1.807, 2.05) is 0 Å². The van der Waals surface area contributed by atoms with Crippen LogP contribution in [0.25, 0.3) is 0 Å². The van der Waals surface area contributed by atoms with Gasteiger partial charge in [-0.15, -0.1) is 24.8 Å². The van der Waals surface area contributed by atoms with Crippen LogP contribution in [0.4, 0.5) is 17.6 Å². The topological polar surface area (TPSA) is 15.3 Å². The van der Waals surface area contributed by atoms with Crippen LogP contribution in [-0.2, 0) is 0 Å². The lowest BCUT2D eigenvalue weighted by molar-refractivity contribution is -0.188. The third-order valence-corrected chi connectivity index (χ3v) is 3.27. The van der Waals surface area contributed by atoms with Crippen LogP contribution >= 0.6 is 24.8 Å². The average molecular weight is 349 g/mol. The van der Waals surface area contributed by atoms with E-state index in [4.69, 9.17) is 0 Å². The van der Waals surface area contributed by atoms with Crippen molar-refractivity contribution < 1.29 is 17.6 Å². The van der Waals surface area contributed by atoms with Crippen LogP contribution < -0.4 is 5.32 Å². The fourth-order valence-electron chi connectivity index (χ4n) is 2.39. The van der Waals surface area contributed by atoms with Crippen molar-refractivity contribution in [1.29, 1.82) is 0 Å². The molecule has 0 bridgehead atoms. The minimum absolute atomic E-state index is 0. The van der Waals surface area contributed by atoms with Gasteiger partial charge in [-0.2, -0.15) is 13.2 Å². The number of hydrogen-bond acceptors (Lipinski definition) is 2. The van der Waals surface area contributed by atoms with Gasteiger partial charge < -0.3 is 5.32 Å². The number of aryl methyl sites for hydroxylation is 1. The Hall–Kier alpha value is -0.560.